The van der Waals surface area contributed by atoms with Crippen LogP contribution in [0.25, 0.3) is 76.5 Å². The summed E-state index contributed by atoms with van der Waals surface area (Å²) >= 11 is 0. The molecule has 0 aromatic heterocycles. The van der Waals surface area contributed by atoms with Crippen molar-refractivity contribution in [3.05, 3.63) is 156 Å². The Bertz CT molecular complexity index is 3960. The minimum absolute atomic E-state index is 0.572. The van der Waals surface area contributed by atoms with Crippen molar-refractivity contribution in [3.8, 4) is 33.4 Å². The number of rotatable bonds is 2. The topological polar surface area (TPSA) is 0 Å². The van der Waals surface area contributed by atoms with Crippen molar-refractivity contribution in [1.29, 1.82) is 0 Å². The number of benzene rings is 8. The molecule has 1 aliphatic rings. The molecule has 0 bridgehead atoms. The molecule has 0 saturated carbocycles. The van der Waals surface area contributed by atoms with E-state index < -0.39 is 252 Å². The lowest BCUT2D eigenvalue weighted by Gasteiger charge is -2.22. The monoisotopic (exact) mass is 576 g/mol. The minimum atomic E-state index is -3.85. The average molecular weight is 577 g/mol. The number of fused-ring (bicyclic) bond motifs is 8. The lowest BCUT2D eigenvalue weighted by atomic mass is 9.81. The fourth-order valence-corrected chi connectivity index (χ4v) is 5.34. The van der Waals surface area contributed by atoms with Gasteiger partial charge in [0, 0.05) is 13.6 Å². The lowest BCUT2D eigenvalue weighted by molar-refractivity contribution is 0.660. The van der Waals surface area contributed by atoms with Gasteiger partial charge in [-0.3, -0.25) is 0 Å². The molecule has 0 N–H and O–H groups in total. The van der Waals surface area contributed by atoms with E-state index >= 15 is 0 Å². The molecular formula is C43H30. The van der Waals surface area contributed by atoms with Crippen LogP contribution in [0.2, 0.25) is 0 Å². The Morgan fingerprint density at radius 1 is 0.419 bits per heavy atom. The van der Waals surface area contributed by atoms with Gasteiger partial charge in [-0.05, 0) is 112 Å². The van der Waals surface area contributed by atoms with Gasteiger partial charge in [-0.15, -0.1) is 0 Å². The first-order chi connectivity index (χ1) is 33.6. The molecule has 0 unspecified atom stereocenters. The van der Waals surface area contributed by atoms with Gasteiger partial charge in [-0.1, -0.05) is 135 Å². The first-order valence-corrected chi connectivity index (χ1v) is 12.8. The van der Waals surface area contributed by atoms with E-state index in [4.69, 9.17) is 26.0 Å². The smallest absolute Gasteiger partial charge is 0.0619 e. The van der Waals surface area contributed by atoms with Gasteiger partial charge in [0.15, 0.2) is 0 Å². The van der Waals surface area contributed by atoms with E-state index in [-0.39, 0.29) is 0 Å². The van der Waals surface area contributed by atoms with Gasteiger partial charge in [0.25, 0.3) is 0 Å². The molecular weight excluding hydrogens is 516 g/mol. The van der Waals surface area contributed by atoms with Gasteiger partial charge >= 0.3 is 0 Å². The molecule has 0 atom stereocenters. The van der Waals surface area contributed by atoms with Gasteiger partial charge in [0.05, 0.1) is 32.9 Å². The van der Waals surface area contributed by atoms with Gasteiger partial charge in [-0.25, -0.2) is 0 Å². The van der Waals surface area contributed by atoms with Crippen molar-refractivity contribution >= 4 is 43.1 Å². The summed E-state index contributed by atoms with van der Waals surface area (Å²) in [6.07, 6.45) is 0. The summed E-state index contributed by atoms with van der Waals surface area (Å²) in [7, 11) is 0. The van der Waals surface area contributed by atoms with Crippen LogP contribution in [0.1, 0.15) is 66.0 Å². The van der Waals surface area contributed by atoms with Gasteiger partial charge in [-0.2, -0.15) is 0 Å². The second-order valence-electron chi connectivity index (χ2n) is 9.75. The van der Waals surface area contributed by atoms with Crippen LogP contribution in [-0.4, -0.2) is 0 Å². The zero-order chi connectivity index (χ0) is 54.6. The van der Waals surface area contributed by atoms with Crippen LogP contribution >= 0.6 is 0 Å². The molecule has 9 rings (SSSR count). The maximum Gasteiger partial charge on any atom is 0.0636 e. The third kappa shape index (κ3) is 3.57. The molecule has 0 amide bonds. The van der Waals surface area contributed by atoms with E-state index in [0.29, 0.717) is 0 Å². The highest BCUT2D eigenvalue weighted by Gasteiger charge is 2.35. The van der Waals surface area contributed by atoms with E-state index in [1.54, 1.807) is 0 Å². The van der Waals surface area contributed by atoms with Crippen LogP contribution in [0.15, 0.2) is 145 Å². The molecule has 0 heteroatoms. The molecule has 0 saturated heterocycles. The first kappa shape index (κ1) is 8.91. The first-order valence-electron chi connectivity index (χ1n) is 27.8. The number of hydrogen-bond donors (Lipinski definition) is 0. The Balaban J connectivity index is 1.54. The third-order valence-corrected chi connectivity index (χ3v) is 7.31. The molecule has 0 spiro atoms. The Labute approximate surface area is 294 Å². The maximum absolute atomic E-state index is 9.81. The van der Waals surface area contributed by atoms with Crippen molar-refractivity contribution in [2.45, 2.75) is 19.1 Å². The molecule has 0 aliphatic heterocycles. The Morgan fingerprint density at radius 3 is 1.95 bits per heavy atom. The Hall–Kier alpha value is -5.20. The standard InChI is InChI=1S/C43H30/c1-43(2)40-14-8-7-13-36(40)37-21-20-30(26-41(37)43)29-17-15-27-16-18-32(24-33(27)23-29)42-35-12-6-4-10-31(35)25-39-34-11-5-3-9-28(34)19-22-38(39)42/h3-26H,1-2H3/i1D3,2D3,3D,4D,5D,6D,7D,8D,9D,10D,11D,12D,13D,14D,15D,16D,17D,18D,19D,20D,21D,22D,23D,24D,25D,26D. The SMILES string of the molecule is [2H]c1c([2H])c([2H])c2c(c1[2H])-c1c([2H])c([2H])c(-c3c([2H])c([2H])c4c([2H])c([2H])c(-c5c6c([2H])c([2H])c([2H])c([2H])c6c([2H])c6c5c([2H])c([2H])c5c([2H])c([2H])c([2H])c([2H])c56)c([2H])c4c3[2H])c([2H])c1C2(C([2H])([2H])[2H])C([2H])([2H])[2H]. The van der Waals surface area contributed by atoms with Crippen LogP contribution in [0, 0.1) is 0 Å². The van der Waals surface area contributed by atoms with Crippen LogP contribution < -0.4 is 0 Å². The summed E-state index contributed by atoms with van der Waals surface area (Å²) in [5.41, 5.74) is -11.1. The molecule has 0 heterocycles. The van der Waals surface area contributed by atoms with Crippen molar-refractivity contribution in [2.75, 3.05) is 0 Å². The second-order valence-corrected chi connectivity index (χ2v) is 9.75. The summed E-state index contributed by atoms with van der Waals surface area (Å²) in [6, 6.07) is -24.1. The highest BCUT2D eigenvalue weighted by atomic mass is 14.4. The van der Waals surface area contributed by atoms with E-state index in [9.17, 15) is 15.1 Å². The molecule has 1 aliphatic carbocycles. The van der Waals surface area contributed by atoms with Gasteiger partial charge in [0.2, 0.25) is 0 Å². The van der Waals surface area contributed by atoms with Crippen LogP contribution in [0.3, 0.4) is 0 Å². The summed E-state index contributed by atoms with van der Waals surface area (Å²) in [6.45, 7) is -7.70. The summed E-state index contributed by atoms with van der Waals surface area (Å²) < 4.78 is 269. The predicted octanol–water partition coefficient (Wildman–Crippen LogP) is 11.9. The molecule has 202 valence electrons. The van der Waals surface area contributed by atoms with Crippen molar-refractivity contribution < 1.29 is 41.1 Å². The van der Waals surface area contributed by atoms with Crippen LogP contribution in [0.5, 0.6) is 0 Å². The summed E-state index contributed by atoms with van der Waals surface area (Å²) in [5, 5.41) is -5.48. The molecule has 8 aromatic carbocycles. The fraction of sp³-hybridized carbons (Fsp3) is 0.0698. The van der Waals surface area contributed by atoms with Crippen molar-refractivity contribution in [2.24, 2.45) is 0 Å². The van der Waals surface area contributed by atoms with Crippen LogP contribution in [-0.2, 0) is 5.41 Å². The Morgan fingerprint density at radius 2 is 1.07 bits per heavy atom. The molecule has 43 heavy (non-hydrogen) atoms. The third-order valence-electron chi connectivity index (χ3n) is 7.31. The molecule has 0 radical (unpaired) electrons. The maximum atomic E-state index is 9.81. The van der Waals surface area contributed by atoms with Gasteiger partial charge in [0.1, 0.15) is 0 Å². The normalized spacial score (nSPS) is 24.0. The number of hydrogen-bond acceptors (Lipinski definition) is 0. The van der Waals surface area contributed by atoms with Crippen molar-refractivity contribution in [3.63, 3.8) is 0 Å². The van der Waals surface area contributed by atoms with Crippen molar-refractivity contribution in [1.82, 2.24) is 0 Å². The van der Waals surface area contributed by atoms with Gasteiger partial charge < -0.3 is 0 Å². The minimum Gasteiger partial charge on any atom is -0.0619 e. The van der Waals surface area contributed by atoms with Crippen LogP contribution in [0.4, 0.5) is 0 Å². The fourth-order valence-electron chi connectivity index (χ4n) is 5.34. The van der Waals surface area contributed by atoms with E-state index in [1.807, 2.05) is 0 Å². The summed E-state index contributed by atoms with van der Waals surface area (Å²) in [4.78, 5) is 0. The quantitative estimate of drug-likeness (QED) is 0.142. The Kier molecular flexibility index (Phi) is 1.84. The van der Waals surface area contributed by atoms with E-state index in [0.717, 1.165) is 0 Å². The second kappa shape index (κ2) is 8.90. The molecule has 0 fully saturated rings. The largest absolute Gasteiger partial charge is 0.0636 e. The molecule has 8 aromatic rings. The zero-order valence-corrected chi connectivity index (χ0v) is 21.5. The highest BCUT2D eigenvalue weighted by Crippen LogP contribution is 2.49. The molecule has 0 nitrogen and oxygen atoms in total. The highest BCUT2D eigenvalue weighted by molar-refractivity contribution is 6.20. The van der Waals surface area contributed by atoms with E-state index in [2.05, 4.69) is 0 Å². The average Bonchev–Trinajstić information content (AvgIpc) is 3.67. The van der Waals surface area contributed by atoms with E-state index in [1.165, 1.54) is 0 Å². The zero-order valence-electron chi connectivity index (χ0n) is 51.5. The lowest BCUT2D eigenvalue weighted by Crippen LogP contribution is -2.14. The summed E-state index contributed by atoms with van der Waals surface area (Å²) in [5.74, 6) is 0. The predicted molar refractivity (Wildman–Crippen MR) is 185 cm³/mol.